The molecule has 0 atom stereocenters. The van der Waals surface area contributed by atoms with E-state index in [0.29, 0.717) is 21.0 Å². The van der Waals surface area contributed by atoms with Crippen LogP contribution < -0.4 is 0 Å². The first kappa shape index (κ1) is 19.7. The molecule has 3 aromatic rings. The van der Waals surface area contributed by atoms with E-state index in [9.17, 15) is 17.6 Å². The highest BCUT2D eigenvalue weighted by atomic mass is 32.2. The first-order valence-electron chi connectivity index (χ1n) is 9.01. The summed E-state index contributed by atoms with van der Waals surface area (Å²) in [6.45, 7) is 2.90. The van der Waals surface area contributed by atoms with Crippen LogP contribution in [0.3, 0.4) is 0 Å². The predicted molar refractivity (Wildman–Crippen MR) is 108 cm³/mol. The summed E-state index contributed by atoms with van der Waals surface area (Å²) in [7, 11) is -3.54. The van der Waals surface area contributed by atoms with Gasteiger partial charge in [0.25, 0.3) is 15.9 Å². The number of benzene rings is 1. The molecule has 29 heavy (non-hydrogen) atoms. The molecule has 4 rings (SSSR count). The van der Waals surface area contributed by atoms with Crippen LogP contribution in [0.15, 0.2) is 46.8 Å². The fraction of sp³-hybridized carbons (Fsp3) is 0.263. The average molecular weight is 435 g/mol. The highest BCUT2D eigenvalue weighted by Crippen LogP contribution is 2.26. The number of rotatable bonds is 4. The number of nitrogens with zero attached hydrogens (tertiary/aromatic N) is 3. The molecule has 0 spiro atoms. The zero-order chi connectivity index (χ0) is 20.6. The summed E-state index contributed by atoms with van der Waals surface area (Å²) in [6.07, 6.45) is 1.44. The Labute approximate surface area is 171 Å². The average Bonchev–Trinajstić information content (AvgIpc) is 3.38. The van der Waals surface area contributed by atoms with E-state index in [0.717, 1.165) is 4.88 Å². The second-order valence-corrected chi connectivity index (χ2v) is 10.2. The molecule has 1 fully saturated rings. The molecule has 152 valence electrons. The van der Waals surface area contributed by atoms with E-state index in [4.69, 9.17) is 0 Å². The summed E-state index contributed by atoms with van der Waals surface area (Å²) in [4.78, 5) is 15.5. The van der Waals surface area contributed by atoms with Crippen molar-refractivity contribution in [1.82, 2.24) is 19.4 Å². The second-order valence-electron chi connectivity index (χ2n) is 6.73. The summed E-state index contributed by atoms with van der Waals surface area (Å²) in [5, 5.41) is 6.76. The molecular formula is C19H19FN4O3S2. The molecule has 2 aromatic heterocycles. The van der Waals surface area contributed by atoms with Crippen LogP contribution in [0.25, 0.3) is 11.3 Å². The van der Waals surface area contributed by atoms with Gasteiger partial charge in [-0.3, -0.25) is 9.89 Å². The number of thiophene rings is 1. The van der Waals surface area contributed by atoms with Crippen molar-refractivity contribution in [3.63, 3.8) is 0 Å². The van der Waals surface area contributed by atoms with E-state index in [2.05, 4.69) is 10.2 Å². The minimum Gasteiger partial charge on any atom is -0.336 e. The Morgan fingerprint density at radius 1 is 1.10 bits per heavy atom. The smallest absolute Gasteiger partial charge is 0.257 e. The van der Waals surface area contributed by atoms with Crippen LogP contribution in [0.2, 0.25) is 0 Å². The fourth-order valence-corrected chi connectivity index (χ4v) is 6.12. The van der Waals surface area contributed by atoms with Crippen LogP contribution in [0.1, 0.15) is 15.2 Å². The second kappa shape index (κ2) is 7.69. The zero-order valence-corrected chi connectivity index (χ0v) is 17.3. The third kappa shape index (κ3) is 3.83. The van der Waals surface area contributed by atoms with Crippen molar-refractivity contribution < 1.29 is 17.6 Å². The van der Waals surface area contributed by atoms with Crippen molar-refractivity contribution in [3.8, 4) is 11.3 Å². The molecule has 1 saturated heterocycles. The molecule has 0 bridgehead atoms. The fourth-order valence-electron chi connectivity index (χ4n) is 3.26. The van der Waals surface area contributed by atoms with E-state index in [1.54, 1.807) is 29.2 Å². The largest absolute Gasteiger partial charge is 0.336 e. The van der Waals surface area contributed by atoms with Crippen LogP contribution in [0.5, 0.6) is 0 Å². The first-order chi connectivity index (χ1) is 13.9. The number of carbonyl (C=O) groups excluding carboxylic acids is 1. The molecule has 7 nitrogen and oxygen atoms in total. The van der Waals surface area contributed by atoms with Crippen molar-refractivity contribution in [2.45, 2.75) is 11.1 Å². The van der Waals surface area contributed by atoms with Gasteiger partial charge in [-0.05, 0) is 43.3 Å². The number of aryl methyl sites for hydroxylation is 1. The van der Waals surface area contributed by atoms with Gasteiger partial charge in [0.05, 0.1) is 17.5 Å². The Morgan fingerprint density at radius 2 is 1.79 bits per heavy atom. The van der Waals surface area contributed by atoms with Crippen LogP contribution in [-0.4, -0.2) is 59.9 Å². The van der Waals surface area contributed by atoms with Crippen molar-refractivity contribution in [3.05, 3.63) is 58.9 Å². The van der Waals surface area contributed by atoms with Gasteiger partial charge in [-0.2, -0.15) is 9.40 Å². The molecule has 0 radical (unpaired) electrons. The van der Waals surface area contributed by atoms with Gasteiger partial charge in [0, 0.05) is 36.6 Å². The maximum atomic E-state index is 13.2. The van der Waals surface area contributed by atoms with Gasteiger partial charge < -0.3 is 4.90 Å². The maximum Gasteiger partial charge on any atom is 0.257 e. The predicted octanol–water partition coefficient (Wildman–Crippen LogP) is 2.73. The normalized spacial score (nSPS) is 15.6. The van der Waals surface area contributed by atoms with E-state index in [1.165, 1.54) is 34.0 Å². The molecular weight excluding hydrogens is 415 g/mol. The van der Waals surface area contributed by atoms with E-state index in [1.807, 2.05) is 6.92 Å². The van der Waals surface area contributed by atoms with Crippen LogP contribution in [0, 0.1) is 12.7 Å². The number of aromatic nitrogens is 2. The third-order valence-corrected chi connectivity index (χ3v) is 8.21. The number of amides is 1. The van der Waals surface area contributed by atoms with Crippen molar-refractivity contribution in [2.75, 3.05) is 26.2 Å². The SMILES string of the molecule is Cc1ccc(S(=O)(=O)N2CCN(C(=O)c3cn[nH]c3-c3ccc(F)cc3)CC2)s1. The Kier molecular flexibility index (Phi) is 5.24. The maximum absolute atomic E-state index is 13.2. The van der Waals surface area contributed by atoms with E-state index in [-0.39, 0.29) is 37.9 Å². The van der Waals surface area contributed by atoms with Gasteiger partial charge in [-0.25, -0.2) is 12.8 Å². The number of aromatic amines is 1. The van der Waals surface area contributed by atoms with E-state index < -0.39 is 10.0 Å². The Morgan fingerprint density at radius 3 is 2.41 bits per heavy atom. The summed E-state index contributed by atoms with van der Waals surface area (Å²) < 4.78 is 40.4. The van der Waals surface area contributed by atoms with Gasteiger partial charge in [-0.1, -0.05) is 0 Å². The van der Waals surface area contributed by atoms with Gasteiger partial charge in [0.1, 0.15) is 10.0 Å². The molecule has 1 aliphatic rings. The number of nitrogens with one attached hydrogen (secondary N) is 1. The lowest BCUT2D eigenvalue weighted by atomic mass is 10.1. The molecule has 1 amide bonds. The third-order valence-electron chi connectivity index (χ3n) is 4.84. The lowest BCUT2D eigenvalue weighted by Crippen LogP contribution is -2.50. The monoisotopic (exact) mass is 434 g/mol. The van der Waals surface area contributed by atoms with Gasteiger partial charge in [-0.15, -0.1) is 11.3 Å². The Bertz CT molecular complexity index is 1130. The minimum atomic E-state index is -3.54. The van der Waals surface area contributed by atoms with Crippen LogP contribution in [-0.2, 0) is 10.0 Å². The number of carbonyl (C=O) groups is 1. The molecule has 1 aliphatic heterocycles. The highest BCUT2D eigenvalue weighted by molar-refractivity contribution is 7.91. The standard InChI is InChI=1S/C19H19FN4O3S2/c1-13-2-7-17(28-13)29(26,27)24-10-8-23(9-11-24)19(25)16-12-21-22-18(16)14-3-5-15(20)6-4-14/h2-7,12H,8-11H2,1H3,(H,21,22). The molecule has 3 heterocycles. The Balaban J connectivity index is 1.48. The van der Waals surface area contributed by atoms with Crippen LogP contribution >= 0.6 is 11.3 Å². The zero-order valence-electron chi connectivity index (χ0n) is 15.6. The van der Waals surface area contributed by atoms with Gasteiger partial charge >= 0.3 is 0 Å². The van der Waals surface area contributed by atoms with Gasteiger partial charge in [0.2, 0.25) is 0 Å². The summed E-state index contributed by atoms with van der Waals surface area (Å²) >= 11 is 1.24. The summed E-state index contributed by atoms with van der Waals surface area (Å²) in [6, 6.07) is 9.20. The highest BCUT2D eigenvalue weighted by Gasteiger charge is 2.32. The van der Waals surface area contributed by atoms with Gasteiger partial charge in [0.15, 0.2) is 0 Å². The lowest BCUT2D eigenvalue weighted by molar-refractivity contribution is 0.0699. The van der Waals surface area contributed by atoms with E-state index >= 15 is 0 Å². The molecule has 1 N–H and O–H groups in total. The van der Waals surface area contributed by atoms with Crippen molar-refractivity contribution >= 4 is 27.3 Å². The number of hydrogen-bond acceptors (Lipinski definition) is 5. The number of sulfonamides is 1. The minimum absolute atomic E-state index is 0.231. The summed E-state index contributed by atoms with van der Waals surface area (Å²) in [5.41, 5.74) is 1.54. The van der Waals surface area contributed by atoms with Crippen LogP contribution in [0.4, 0.5) is 4.39 Å². The summed E-state index contributed by atoms with van der Waals surface area (Å²) in [5.74, 6) is -0.596. The topological polar surface area (TPSA) is 86.4 Å². The number of halogens is 1. The molecule has 0 unspecified atom stereocenters. The molecule has 1 aromatic carbocycles. The number of H-pyrrole nitrogens is 1. The molecule has 0 aliphatic carbocycles. The number of piperazine rings is 1. The van der Waals surface area contributed by atoms with Crippen molar-refractivity contribution in [2.24, 2.45) is 0 Å². The molecule has 10 heteroatoms. The molecule has 0 saturated carbocycles. The Hall–Kier alpha value is -2.56. The lowest BCUT2D eigenvalue weighted by Gasteiger charge is -2.33. The van der Waals surface area contributed by atoms with Crippen molar-refractivity contribution in [1.29, 1.82) is 0 Å². The number of hydrogen-bond donors (Lipinski definition) is 1. The quantitative estimate of drug-likeness (QED) is 0.684. The first-order valence-corrected chi connectivity index (χ1v) is 11.3.